The van der Waals surface area contributed by atoms with Gasteiger partial charge in [0.1, 0.15) is 12.3 Å². The summed E-state index contributed by atoms with van der Waals surface area (Å²) in [5.41, 5.74) is 5.69. The average molecular weight is 451 g/mol. The molecule has 2 aliphatic rings. The van der Waals surface area contributed by atoms with Gasteiger partial charge >= 0.3 is 6.41 Å². The van der Waals surface area contributed by atoms with Crippen LogP contribution in [0.25, 0.3) is 0 Å². The number of hydrogen-bond donors (Lipinski definition) is 1. The van der Waals surface area contributed by atoms with Gasteiger partial charge in [0.2, 0.25) is 0 Å². The molecule has 0 aromatic heterocycles. The molecule has 0 aliphatic carbocycles. The number of nitrogens with two attached hydrogens (primary N) is 1. The highest BCUT2D eigenvalue weighted by atomic mass is 35.5. The Morgan fingerprint density at radius 2 is 2.10 bits per heavy atom. The molecule has 1 aromatic carbocycles. The highest BCUT2D eigenvalue weighted by Crippen LogP contribution is 2.47. The molecular formula is C21H25ClN3O2S2+. The zero-order chi connectivity index (χ0) is 21.4. The lowest BCUT2D eigenvalue weighted by Gasteiger charge is -2.15. The van der Waals surface area contributed by atoms with Crippen molar-refractivity contribution in [3.63, 3.8) is 0 Å². The molecule has 1 aromatic rings. The quantitative estimate of drug-likeness (QED) is 0.306. The van der Waals surface area contributed by atoms with E-state index in [1.165, 1.54) is 23.9 Å². The fourth-order valence-electron chi connectivity index (χ4n) is 2.66. The number of benzene rings is 1. The number of halogens is 1. The molecule has 2 aliphatic heterocycles. The average Bonchev–Trinajstić information content (AvgIpc) is 3.07. The van der Waals surface area contributed by atoms with Gasteiger partial charge in [-0.15, -0.1) is 0 Å². The van der Waals surface area contributed by atoms with Crippen LogP contribution in [0, 0.1) is 0 Å². The van der Waals surface area contributed by atoms with E-state index in [9.17, 15) is 4.79 Å². The van der Waals surface area contributed by atoms with Gasteiger partial charge < -0.3 is 15.4 Å². The number of thioether (sulfide) groups is 2. The number of hydrogen-bond acceptors (Lipinski definition) is 6. The molecule has 0 unspecified atom stereocenters. The number of carbonyl (C=O) groups is 1. The van der Waals surface area contributed by atoms with E-state index in [1.54, 1.807) is 40.3 Å². The van der Waals surface area contributed by atoms with Gasteiger partial charge in [-0.3, -0.25) is 0 Å². The largest absolute Gasteiger partial charge is 0.465 e. The molecule has 0 radical (unpaired) electrons. The van der Waals surface area contributed by atoms with Crippen LogP contribution in [0.2, 0.25) is 0 Å². The minimum absolute atomic E-state index is 0.564. The second-order valence-corrected chi connectivity index (χ2v) is 8.52. The van der Waals surface area contributed by atoms with Crippen LogP contribution < -0.4 is 10.6 Å². The van der Waals surface area contributed by atoms with Crippen molar-refractivity contribution in [2.45, 2.75) is 18.7 Å². The van der Waals surface area contributed by atoms with E-state index in [2.05, 4.69) is 36.7 Å². The molecule has 29 heavy (non-hydrogen) atoms. The number of carbonyl (C=O) groups excluding carboxylic acids is 1. The van der Waals surface area contributed by atoms with Crippen molar-refractivity contribution in [1.82, 2.24) is 0 Å². The second kappa shape index (κ2) is 11.3. The molecule has 2 N–H and O–H groups in total. The van der Waals surface area contributed by atoms with E-state index in [1.807, 2.05) is 25.1 Å². The predicted molar refractivity (Wildman–Crippen MR) is 125 cm³/mol. The summed E-state index contributed by atoms with van der Waals surface area (Å²) in [4.78, 5) is 16.1. The summed E-state index contributed by atoms with van der Waals surface area (Å²) in [6.07, 6.45) is 7.62. The number of allylic oxidation sites excluding steroid dienone is 4. The Morgan fingerprint density at radius 3 is 2.72 bits per heavy atom. The molecule has 0 saturated carbocycles. The Balaban J connectivity index is 0.00000145. The Kier molecular flexibility index (Phi) is 9.10. The molecule has 0 bridgehead atoms. The van der Waals surface area contributed by atoms with Crippen LogP contribution in [0.15, 0.2) is 74.4 Å². The second-order valence-electron chi connectivity index (χ2n) is 5.82. The summed E-state index contributed by atoms with van der Waals surface area (Å²) in [6, 6.07) is 8.31. The van der Waals surface area contributed by atoms with Gasteiger partial charge in [0.15, 0.2) is 0 Å². The van der Waals surface area contributed by atoms with Gasteiger partial charge in [-0.1, -0.05) is 35.5 Å². The third kappa shape index (κ3) is 5.79. The van der Waals surface area contributed by atoms with E-state index in [0.29, 0.717) is 17.3 Å². The Bertz CT molecular complexity index is 920. The molecule has 0 fully saturated rings. The van der Waals surface area contributed by atoms with Crippen molar-refractivity contribution in [3.05, 3.63) is 69.5 Å². The maximum atomic E-state index is 11.6. The maximum absolute atomic E-state index is 11.6. The molecule has 0 saturated heterocycles. The summed E-state index contributed by atoms with van der Waals surface area (Å²) in [6.45, 7) is 4.57. The minimum atomic E-state index is 0.564. The zero-order valence-electron chi connectivity index (χ0n) is 16.9. The van der Waals surface area contributed by atoms with Crippen molar-refractivity contribution < 1.29 is 14.1 Å². The monoisotopic (exact) mass is 450 g/mol. The standard InChI is InChI=1S/C20H20ClN2O2S2.CH5N/c1-4-23(13-24)19(12-16-11-15(21)9-10-25-16)26-14(2)20-22(3)17-7-5-6-8-18(17)27-20;1-2/h5-13H,4H2,1-3H3;2H2,1H3/q+1;/b16-12+,20-14+,23-19?;. The van der Waals surface area contributed by atoms with E-state index in [4.69, 9.17) is 16.3 Å². The zero-order valence-corrected chi connectivity index (χ0v) is 19.3. The Hall–Kier alpha value is -1.93. The third-order valence-corrected chi connectivity index (χ3v) is 6.79. The molecular weight excluding hydrogens is 426 g/mol. The number of anilines is 1. The summed E-state index contributed by atoms with van der Waals surface area (Å²) in [5, 5.41) is 2.52. The van der Waals surface area contributed by atoms with E-state index >= 15 is 0 Å². The van der Waals surface area contributed by atoms with Crippen molar-refractivity contribution in [2.24, 2.45) is 5.73 Å². The summed E-state index contributed by atoms with van der Waals surface area (Å²) < 4.78 is 7.16. The third-order valence-electron chi connectivity index (χ3n) is 4.02. The lowest BCUT2D eigenvalue weighted by atomic mass is 10.3. The molecule has 1 amide bonds. The first kappa shape index (κ1) is 23.3. The lowest BCUT2D eigenvalue weighted by molar-refractivity contribution is -0.425. The smallest absolute Gasteiger partial charge is 0.375 e. The highest BCUT2D eigenvalue weighted by Gasteiger charge is 2.25. The van der Waals surface area contributed by atoms with Crippen molar-refractivity contribution in [1.29, 1.82) is 0 Å². The van der Waals surface area contributed by atoms with Crippen LogP contribution in [0.3, 0.4) is 0 Å². The van der Waals surface area contributed by atoms with Crippen LogP contribution >= 0.6 is 35.1 Å². The molecule has 0 atom stereocenters. The molecule has 2 heterocycles. The van der Waals surface area contributed by atoms with E-state index < -0.39 is 0 Å². The fourth-order valence-corrected chi connectivity index (χ4v) is 5.11. The van der Waals surface area contributed by atoms with Crippen LogP contribution in [-0.4, -0.2) is 36.7 Å². The molecule has 3 rings (SSSR count). The number of amides is 1. The number of para-hydroxylation sites is 1. The van der Waals surface area contributed by atoms with Gasteiger partial charge in [-0.05, 0) is 56.9 Å². The predicted octanol–water partition coefficient (Wildman–Crippen LogP) is 4.86. The SMILES string of the molecule is CC[N+](C=O)=C(/C=C1\C=C(Cl)C=CO1)S/C(C)=C1/Sc2ccccc2N1C.CN. The van der Waals surface area contributed by atoms with Gasteiger partial charge in [0.25, 0.3) is 5.04 Å². The first-order chi connectivity index (χ1) is 14.0. The highest BCUT2D eigenvalue weighted by molar-refractivity contribution is 8.18. The van der Waals surface area contributed by atoms with E-state index in [-0.39, 0.29) is 0 Å². The van der Waals surface area contributed by atoms with Crippen LogP contribution in [-0.2, 0) is 9.53 Å². The Morgan fingerprint density at radius 1 is 1.38 bits per heavy atom. The minimum Gasteiger partial charge on any atom is -0.465 e. The van der Waals surface area contributed by atoms with Crippen molar-refractivity contribution in [2.75, 3.05) is 25.5 Å². The van der Waals surface area contributed by atoms with Crippen molar-refractivity contribution in [3.8, 4) is 0 Å². The number of ether oxygens (including phenoxy) is 1. The summed E-state index contributed by atoms with van der Waals surface area (Å²) in [7, 11) is 3.56. The lowest BCUT2D eigenvalue weighted by Crippen LogP contribution is -2.17. The summed E-state index contributed by atoms with van der Waals surface area (Å²) >= 11 is 9.34. The topological polar surface area (TPSA) is 58.6 Å². The first-order valence-electron chi connectivity index (χ1n) is 9.01. The fraction of sp³-hybridized carbons (Fsp3) is 0.238. The van der Waals surface area contributed by atoms with E-state index in [0.717, 1.165) is 21.4 Å². The first-order valence-corrected chi connectivity index (χ1v) is 11.0. The normalized spacial score (nSPS) is 18.9. The number of fused-ring (bicyclic) bond motifs is 1. The molecule has 8 heteroatoms. The van der Waals surface area contributed by atoms with Crippen LogP contribution in [0.4, 0.5) is 5.69 Å². The molecule has 5 nitrogen and oxygen atoms in total. The van der Waals surface area contributed by atoms with Crippen LogP contribution in [0.5, 0.6) is 0 Å². The molecule has 0 spiro atoms. The van der Waals surface area contributed by atoms with Gasteiger partial charge in [-0.25, -0.2) is 4.79 Å². The van der Waals surface area contributed by atoms with Crippen molar-refractivity contribution >= 4 is 52.3 Å². The van der Waals surface area contributed by atoms with Gasteiger partial charge in [0, 0.05) is 21.9 Å². The summed E-state index contributed by atoms with van der Waals surface area (Å²) in [5.74, 6) is 0.596. The Labute approximate surface area is 185 Å². The number of nitrogens with zero attached hydrogens (tertiary/aromatic N) is 2. The molecule has 154 valence electrons. The van der Waals surface area contributed by atoms with Gasteiger partial charge in [-0.2, -0.15) is 4.58 Å². The number of rotatable bonds is 4. The maximum Gasteiger partial charge on any atom is 0.375 e. The van der Waals surface area contributed by atoms with Crippen LogP contribution in [0.1, 0.15) is 13.8 Å². The van der Waals surface area contributed by atoms with Gasteiger partial charge in [0.05, 0.1) is 23.1 Å².